The Hall–Kier alpha value is -1.66. The van der Waals surface area contributed by atoms with Crippen molar-refractivity contribution < 1.29 is 4.74 Å². The number of ether oxygens (including phenoxy) is 1. The largest absolute Gasteiger partial charge is 0.378 e. The van der Waals surface area contributed by atoms with E-state index >= 15 is 0 Å². The maximum absolute atomic E-state index is 11.9. The Morgan fingerprint density at radius 3 is 2.89 bits per heavy atom. The van der Waals surface area contributed by atoms with E-state index in [-0.39, 0.29) is 5.56 Å². The van der Waals surface area contributed by atoms with Crippen LogP contribution in [-0.2, 0) is 24.8 Å². The fourth-order valence-corrected chi connectivity index (χ4v) is 2.01. The van der Waals surface area contributed by atoms with Gasteiger partial charge >= 0.3 is 0 Å². The molecule has 0 spiro atoms. The first kappa shape index (κ1) is 12.8. The molecule has 0 saturated heterocycles. The molecule has 98 valence electrons. The monoisotopic (exact) mass is 250 g/mol. The van der Waals surface area contributed by atoms with Crippen LogP contribution in [0.3, 0.4) is 0 Å². The third kappa shape index (κ3) is 2.30. The molecular weight excluding hydrogens is 232 g/mol. The first-order valence-corrected chi connectivity index (χ1v) is 5.94. The van der Waals surface area contributed by atoms with E-state index in [1.54, 1.807) is 13.2 Å². The molecule has 6 heteroatoms. The minimum atomic E-state index is -0.113. The lowest BCUT2D eigenvalue weighted by atomic mass is 10.2. The SMILES string of the molecule is COCc1cc2n(C)c(CCCN)cc(=O)n2n1. The van der Waals surface area contributed by atoms with Gasteiger partial charge in [-0.2, -0.15) is 9.61 Å². The zero-order chi connectivity index (χ0) is 13.1. The Kier molecular flexibility index (Phi) is 3.78. The molecule has 2 aromatic rings. The van der Waals surface area contributed by atoms with E-state index in [1.165, 1.54) is 4.52 Å². The molecule has 0 unspecified atom stereocenters. The van der Waals surface area contributed by atoms with Gasteiger partial charge in [-0.25, -0.2) is 0 Å². The third-order valence-electron chi connectivity index (χ3n) is 2.94. The zero-order valence-electron chi connectivity index (χ0n) is 10.7. The van der Waals surface area contributed by atoms with Crippen molar-refractivity contribution in [3.05, 3.63) is 33.9 Å². The minimum absolute atomic E-state index is 0.113. The van der Waals surface area contributed by atoms with Gasteiger partial charge in [0.25, 0.3) is 5.56 Å². The third-order valence-corrected chi connectivity index (χ3v) is 2.94. The number of hydrogen-bond donors (Lipinski definition) is 1. The molecule has 2 rings (SSSR count). The summed E-state index contributed by atoms with van der Waals surface area (Å²) in [6.07, 6.45) is 1.66. The summed E-state index contributed by atoms with van der Waals surface area (Å²) < 4.78 is 8.41. The number of hydrogen-bond acceptors (Lipinski definition) is 4. The predicted octanol–water partition coefficient (Wildman–Crippen LogP) is 0.0707. The predicted molar refractivity (Wildman–Crippen MR) is 68.5 cm³/mol. The van der Waals surface area contributed by atoms with E-state index in [2.05, 4.69) is 5.10 Å². The van der Waals surface area contributed by atoms with Gasteiger partial charge in [0, 0.05) is 32.0 Å². The Balaban J connectivity index is 2.51. The first-order valence-electron chi connectivity index (χ1n) is 5.94. The van der Waals surface area contributed by atoms with Crippen LogP contribution >= 0.6 is 0 Å². The fourth-order valence-electron chi connectivity index (χ4n) is 2.01. The molecule has 18 heavy (non-hydrogen) atoms. The molecule has 0 aliphatic rings. The van der Waals surface area contributed by atoms with Gasteiger partial charge in [-0.05, 0) is 19.4 Å². The van der Waals surface area contributed by atoms with Crippen LogP contribution in [-0.4, -0.2) is 27.8 Å². The average Bonchev–Trinajstić information content (AvgIpc) is 2.77. The number of rotatable bonds is 5. The summed E-state index contributed by atoms with van der Waals surface area (Å²) in [4.78, 5) is 11.9. The van der Waals surface area contributed by atoms with Gasteiger partial charge in [0.15, 0.2) is 0 Å². The Bertz CT molecular complexity index is 600. The molecular formula is C12H18N4O2. The maximum Gasteiger partial charge on any atom is 0.274 e. The molecule has 0 bridgehead atoms. The van der Waals surface area contributed by atoms with Gasteiger partial charge in [-0.1, -0.05) is 0 Å². The molecule has 0 fully saturated rings. The van der Waals surface area contributed by atoms with Crippen molar-refractivity contribution in [3.63, 3.8) is 0 Å². The number of methoxy groups -OCH3 is 1. The van der Waals surface area contributed by atoms with E-state index in [0.29, 0.717) is 13.2 Å². The molecule has 0 amide bonds. The number of fused-ring (bicyclic) bond motifs is 1. The summed E-state index contributed by atoms with van der Waals surface area (Å²) in [6.45, 7) is 1.02. The van der Waals surface area contributed by atoms with Gasteiger partial charge in [0.2, 0.25) is 0 Å². The van der Waals surface area contributed by atoms with Crippen molar-refractivity contribution in [2.75, 3.05) is 13.7 Å². The quantitative estimate of drug-likeness (QED) is 0.815. The van der Waals surface area contributed by atoms with Crippen LogP contribution in [0.5, 0.6) is 0 Å². The van der Waals surface area contributed by atoms with Crippen LogP contribution in [0.1, 0.15) is 17.8 Å². The van der Waals surface area contributed by atoms with Crippen LogP contribution in [0.25, 0.3) is 5.65 Å². The summed E-state index contributed by atoms with van der Waals surface area (Å²) in [7, 11) is 3.54. The zero-order valence-corrected chi connectivity index (χ0v) is 10.7. The van der Waals surface area contributed by atoms with Crippen molar-refractivity contribution in [3.8, 4) is 0 Å². The maximum atomic E-state index is 11.9. The minimum Gasteiger partial charge on any atom is -0.378 e. The Morgan fingerprint density at radius 1 is 1.44 bits per heavy atom. The fraction of sp³-hybridized carbons (Fsp3) is 0.500. The highest BCUT2D eigenvalue weighted by atomic mass is 16.5. The number of nitrogens with zero attached hydrogens (tertiary/aromatic N) is 3. The molecule has 0 radical (unpaired) electrons. The van der Waals surface area contributed by atoms with Crippen LogP contribution in [0.4, 0.5) is 0 Å². The van der Waals surface area contributed by atoms with Crippen LogP contribution in [0.15, 0.2) is 16.9 Å². The van der Waals surface area contributed by atoms with E-state index in [4.69, 9.17) is 10.5 Å². The summed E-state index contributed by atoms with van der Waals surface area (Å²) in [5.74, 6) is 0. The summed E-state index contributed by atoms with van der Waals surface area (Å²) in [5, 5.41) is 4.22. The van der Waals surface area contributed by atoms with Gasteiger partial charge in [0.05, 0.1) is 12.3 Å². The Morgan fingerprint density at radius 2 is 2.22 bits per heavy atom. The highest BCUT2D eigenvalue weighted by molar-refractivity contribution is 5.41. The topological polar surface area (TPSA) is 74.5 Å². The van der Waals surface area contributed by atoms with E-state index < -0.39 is 0 Å². The summed E-state index contributed by atoms with van der Waals surface area (Å²) >= 11 is 0. The second-order valence-corrected chi connectivity index (χ2v) is 4.26. The average molecular weight is 250 g/mol. The van der Waals surface area contributed by atoms with Crippen molar-refractivity contribution >= 4 is 5.65 Å². The highest BCUT2D eigenvalue weighted by Gasteiger charge is 2.09. The molecule has 0 aromatic carbocycles. The van der Waals surface area contributed by atoms with E-state index in [1.807, 2.05) is 17.7 Å². The first-order chi connectivity index (χ1) is 8.67. The summed E-state index contributed by atoms with van der Waals surface area (Å²) in [5.41, 5.74) is 7.89. The van der Waals surface area contributed by atoms with Gasteiger partial charge in [0.1, 0.15) is 5.65 Å². The number of nitrogens with two attached hydrogens (primary N) is 1. The Labute approximate surface area is 105 Å². The standard InChI is InChI=1S/C12H18N4O2/c1-15-10(4-3-5-13)7-12(17)16-11(15)6-9(14-16)8-18-2/h6-7H,3-5,8,13H2,1-2H3. The molecule has 0 saturated carbocycles. The van der Waals surface area contributed by atoms with Crippen LogP contribution in [0, 0.1) is 0 Å². The molecule has 0 aliphatic carbocycles. The van der Waals surface area contributed by atoms with E-state index in [9.17, 15) is 4.79 Å². The molecule has 2 aromatic heterocycles. The van der Waals surface area contributed by atoms with Crippen molar-refractivity contribution in [2.24, 2.45) is 12.8 Å². The second-order valence-electron chi connectivity index (χ2n) is 4.26. The highest BCUT2D eigenvalue weighted by Crippen LogP contribution is 2.08. The number of aryl methyl sites for hydroxylation is 2. The lowest BCUT2D eigenvalue weighted by Crippen LogP contribution is -2.20. The van der Waals surface area contributed by atoms with Gasteiger partial charge < -0.3 is 15.0 Å². The van der Waals surface area contributed by atoms with Crippen molar-refractivity contribution in [1.29, 1.82) is 0 Å². The van der Waals surface area contributed by atoms with Crippen LogP contribution in [0.2, 0.25) is 0 Å². The molecule has 0 atom stereocenters. The molecule has 0 aliphatic heterocycles. The van der Waals surface area contributed by atoms with Gasteiger partial charge in [-0.15, -0.1) is 0 Å². The van der Waals surface area contributed by atoms with E-state index in [0.717, 1.165) is 29.9 Å². The molecule has 2 N–H and O–H groups in total. The van der Waals surface area contributed by atoms with Crippen molar-refractivity contribution in [1.82, 2.24) is 14.2 Å². The summed E-state index contributed by atoms with van der Waals surface area (Å²) in [6, 6.07) is 3.49. The molecule has 6 nitrogen and oxygen atoms in total. The number of aromatic nitrogens is 3. The van der Waals surface area contributed by atoms with Crippen molar-refractivity contribution in [2.45, 2.75) is 19.4 Å². The second kappa shape index (κ2) is 5.32. The smallest absolute Gasteiger partial charge is 0.274 e. The van der Waals surface area contributed by atoms with Gasteiger partial charge in [-0.3, -0.25) is 4.79 Å². The lowest BCUT2D eigenvalue weighted by molar-refractivity contribution is 0.181. The molecule has 2 heterocycles. The lowest BCUT2D eigenvalue weighted by Gasteiger charge is -2.09. The normalized spacial score (nSPS) is 11.3. The van der Waals surface area contributed by atoms with Crippen LogP contribution < -0.4 is 11.3 Å².